The van der Waals surface area contributed by atoms with Gasteiger partial charge in [0.25, 0.3) is 10.9 Å². The molecule has 0 aliphatic rings. The van der Waals surface area contributed by atoms with Crippen LogP contribution in [-0.2, 0) is 4.79 Å². The molecule has 0 bridgehead atoms. The third kappa shape index (κ3) is 4.45. The molecule has 3 rings (SSSR count). The van der Waals surface area contributed by atoms with Gasteiger partial charge in [0.1, 0.15) is 0 Å². The fraction of sp³-hybridized carbons (Fsp3) is 0.118. The van der Waals surface area contributed by atoms with E-state index in [1.807, 2.05) is 31.2 Å². The quantitative estimate of drug-likeness (QED) is 0.400. The molecule has 0 aliphatic heterocycles. The van der Waals surface area contributed by atoms with Crippen LogP contribution in [0.3, 0.4) is 0 Å². The van der Waals surface area contributed by atoms with Crippen LogP contribution in [0.2, 0.25) is 0 Å². The first-order valence-corrected chi connectivity index (χ1v) is 8.57. The summed E-state index contributed by atoms with van der Waals surface area (Å²) in [6.07, 6.45) is 0. The predicted octanol–water partition coefficient (Wildman–Crippen LogP) is 3.68. The molecule has 9 heteroatoms. The third-order valence-corrected chi connectivity index (χ3v) is 4.18. The van der Waals surface area contributed by atoms with Gasteiger partial charge in [-0.2, -0.15) is 0 Å². The van der Waals surface area contributed by atoms with Crippen molar-refractivity contribution in [3.8, 4) is 11.5 Å². The van der Waals surface area contributed by atoms with E-state index >= 15 is 0 Å². The molecular formula is C17H14N4O4S. The zero-order valence-corrected chi connectivity index (χ0v) is 14.5. The zero-order valence-electron chi connectivity index (χ0n) is 13.7. The van der Waals surface area contributed by atoms with Crippen LogP contribution in [-0.4, -0.2) is 26.8 Å². The molecule has 132 valence electrons. The molecule has 0 radical (unpaired) electrons. The van der Waals surface area contributed by atoms with Crippen LogP contribution in [0, 0.1) is 17.0 Å². The van der Waals surface area contributed by atoms with E-state index in [1.54, 1.807) is 0 Å². The minimum absolute atomic E-state index is 0.0353. The summed E-state index contributed by atoms with van der Waals surface area (Å²) in [5.41, 5.74) is 2.34. The van der Waals surface area contributed by atoms with Crippen molar-refractivity contribution in [3.05, 3.63) is 64.2 Å². The van der Waals surface area contributed by atoms with Gasteiger partial charge >= 0.3 is 0 Å². The number of rotatable bonds is 6. The lowest BCUT2D eigenvalue weighted by Crippen LogP contribution is -2.13. The number of nitro benzene ring substituents is 1. The molecule has 0 saturated heterocycles. The van der Waals surface area contributed by atoms with Crippen LogP contribution in [0.15, 0.2) is 58.2 Å². The van der Waals surface area contributed by atoms with Gasteiger partial charge in [-0.3, -0.25) is 14.9 Å². The highest BCUT2D eigenvalue weighted by atomic mass is 32.2. The first kappa shape index (κ1) is 17.6. The standard InChI is InChI=1S/C17H14N4O4S/c1-11-3-2-4-12(9-11)16-19-20-17(25-16)26-10-15(22)18-13-5-7-14(8-6-13)21(23)24/h2-9H,10H2,1H3,(H,18,22). The van der Waals surface area contributed by atoms with Crippen molar-refractivity contribution in [2.24, 2.45) is 0 Å². The Morgan fingerprint density at radius 2 is 2.00 bits per heavy atom. The Balaban J connectivity index is 1.55. The first-order valence-electron chi connectivity index (χ1n) is 7.59. The molecule has 0 unspecified atom stereocenters. The molecule has 0 saturated carbocycles. The second kappa shape index (κ2) is 7.79. The van der Waals surface area contributed by atoms with Crippen LogP contribution in [0.4, 0.5) is 11.4 Å². The summed E-state index contributed by atoms with van der Waals surface area (Å²) in [5.74, 6) is 0.193. The number of carbonyl (C=O) groups excluding carboxylic acids is 1. The van der Waals surface area contributed by atoms with Gasteiger partial charge in [0.15, 0.2) is 0 Å². The van der Waals surface area contributed by atoms with E-state index in [2.05, 4.69) is 15.5 Å². The molecule has 1 heterocycles. The second-order valence-corrected chi connectivity index (χ2v) is 6.31. The van der Waals surface area contributed by atoms with Crippen molar-refractivity contribution in [1.29, 1.82) is 0 Å². The largest absolute Gasteiger partial charge is 0.411 e. The topological polar surface area (TPSA) is 111 Å². The molecule has 1 N–H and O–H groups in total. The monoisotopic (exact) mass is 370 g/mol. The van der Waals surface area contributed by atoms with Crippen molar-refractivity contribution in [1.82, 2.24) is 10.2 Å². The molecule has 8 nitrogen and oxygen atoms in total. The molecule has 0 aliphatic carbocycles. The maximum Gasteiger partial charge on any atom is 0.277 e. The van der Waals surface area contributed by atoms with Gasteiger partial charge in [-0.25, -0.2) is 0 Å². The van der Waals surface area contributed by atoms with Crippen LogP contribution in [0.25, 0.3) is 11.5 Å². The van der Waals surface area contributed by atoms with Gasteiger partial charge in [0.05, 0.1) is 10.7 Å². The number of hydrogen-bond acceptors (Lipinski definition) is 7. The molecule has 1 amide bonds. The second-order valence-electron chi connectivity index (χ2n) is 5.38. The molecule has 0 atom stereocenters. The minimum Gasteiger partial charge on any atom is -0.411 e. The smallest absolute Gasteiger partial charge is 0.277 e. The van der Waals surface area contributed by atoms with Crippen molar-refractivity contribution < 1.29 is 14.1 Å². The average molecular weight is 370 g/mol. The Bertz CT molecular complexity index is 940. The molecule has 0 fully saturated rings. The lowest BCUT2D eigenvalue weighted by atomic mass is 10.1. The average Bonchev–Trinajstić information content (AvgIpc) is 3.09. The van der Waals surface area contributed by atoms with Crippen molar-refractivity contribution >= 4 is 29.0 Å². The van der Waals surface area contributed by atoms with Crippen molar-refractivity contribution in [3.63, 3.8) is 0 Å². The fourth-order valence-corrected chi connectivity index (χ4v) is 2.72. The molecule has 2 aromatic carbocycles. The van der Waals surface area contributed by atoms with Gasteiger partial charge in [-0.15, -0.1) is 10.2 Å². The predicted molar refractivity (Wildman–Crippen MR) is 96.9 cm³/mol. The number of benzene rings is 2. The van der Waals surface area contributed by atoms with E-state index in [4.69, 9.17) is 4.42 Å². The van der Waals surface area contributed by atoms with Gasteiger partial charge in [0.2, 0.25) is 11.8 Å². The Labute approximate surface area is 152 Å². The van der Waals surface area contributed by atoms with E-state index in [0.717, 1.165) is 22.9 Å². The van der Waals surface area contributed by atoms with Gasteiger partial charge in [0, 0.05) is 23.4 Å². The Kier molecular flexibility index (Phi) is 5.28. The maximum atomic E-state index is 12.0. The number of carbonyl (C=O) groups is 1. The summed E-state index contributed by atoms with van der Waals surface area (Å²) < 4.78 is 5.55. The number of amides is 1. The maximum absolute atomic E-state index is 12.0. The summed E-state index contributed by atoms with van der Waals surface area (Å²) in [6.45, 7) is 1.97. The fourth-order valence-electron chi connectivity index (χ4n) is 2.15. The van der Waals surface area contributed by atoms with Crippen LogP contribution < -0.4 is 5.32 Å². The van der Waals surface area contributed by atoms with Gasteiger partial charge < -0.3 is 9.73 Å². The zero-order chi connectivity index (χ0) is 18.5. The van der Waals surface area contributed by atoms with Gasteiger partial charge in [-0.05, 0) is 31.2 Å². The van der Waals surface area contributed by atoms with Crippen LogP contribution in [0.1, 0.15) is 5.56 Å². The van der Waals surface area contributed by atoms with Crippen molar-refractivity contribution in [2.75, 3.05) is 11.1 Å². The Morgan fingerprint density at radius 3 is 2.69 bits per heavy atom. The highest BCUT2D eigenvalue weighted by Gasteiger charge is 2.12. The van der Waals surface area contributed by atoms with Crippen LogP contribution >= 0.6 is 11.8 Å². The molecule has 0 spiro atoms. The summed E-state index contributed by atoms with van der Waals surface area (Å²) in [4.78, 5) is 22.1. The number of aryl methyl sites for hydroxylation is 1. The highest BCUT2D eigenvalue weighted by Crippen LogP contribution is 2.24. The number of nitrogens with zero attached hydrogens (tertiary/aromatic N) is 3. The van der Waals surface area contributed by atoms with E-state index in [-0.39, 0.29) is 17.3 Å². The Morgan fingerprint density at radius 1 is 1.23 bits per heavy atom. The molecular weight excluding hydrogens is 356 g/mol. The lowest BCUT2D eigenvalue weighted by Gasteiger charge is -2.03. The number of non-ortho nitro benzene ring substituents is 1. The van der Waals surface area contributed by atoms with Gasteiger partial charge in [-0.1, -0.05) is 29.5 Å². The molecule has 26 heavy (non-hydrogen) atoms. The van der Waals surface area contributed by atoms with E-state index in [9.17, 15) is 14.9 Å². The summed E-state index contributed by atoms with van der Waals surface area (Å²) in [5, 5.41) is 21.5. The highest BCUT2D eigenvalue weighted by molar-refractivity contribution is 7.99. The minimum atomic E-state index is -0.497. The molecule has 3 aromatic rings. The van der Waals surface area contributed by atoms with Crippen molar-refractivity contribution in [2.45, 2.75) is 12.1 Å². The number of hydrogen-bond donors (Lipinski definition) is 1. The molecule has 1 aromatic heterocycles. The normalized spacial score (nSPS) is 10.5. The Hall–Kier alpha value is -3.20. The number of thioether (sulfide) groups is 1. The summed E-state index contributed by atoms with van der Waals surface area (Å²) in [7, 11) is 0. The number of nitro groups is 1. The lowest BCUT2D eigenvalue weighted by molar-refractivity contribution is -0.384. The first-order chi connectivity index (χ1) is 12.5. The van der Waals surface area contributed by atoms with E-state index < -0.39 is 4.92 Å². The summed E-state index contributed by atoms with van der Waals surface area (Å²) >= 11 is 1.11. The number of anilines is 1. The SMILES string of the molecule is Cc1cccc(-c2nnc(SCC(=O)Nc3ccc([N+](=O)[O-])cc3)o2)c1. The number of nitrogens with one attached hydrogen (secondary N) is 1. The third-order valence-electron chi connectivity index (χ3n) is 3.36. The number of aromatic nitrogens is 2. The summed E-state index contributed by atoms with van der Waals surface area (Å²) in [6, 6.07) is 13.3. The van der Waals surface area contributed by atoms with E-state index in [1.165, 1.54) is 24.3 Å². The van der Waals surface area contributed by atoms with E-state index in [0.29, 0.717) is 16.8 Å². The van der Waals surface area contributed by atoms with Crippen LogP contribution in [0.5, 0.6) is 0 Å².